The molecule has 0 aromatic carbocycles. The van der Waals surface area contributed by atoms with E-state index < -0.39 is 0 Å². The highest BCUT2D eigenvalue weighted by Crippen LogP contribution is 2.19. The Bertz CT molecular complexity index is 213. The van der Waals surface area contributed by atoms with E-state index in [1.807, 2.05) is 0 Å². The third kappa shape index (κ3) is 10.3. The van der Waals surface area contributed by atoms with E-state index >= 15 is 0 Å². The summed E-state index contributed by atoms with van der Waals surface area (Å²) in [5.74, 6) is 0.993. The minimum Gasteiger partial charge on any atom is -0.303 e. The molecule has 1 heterocycles. The summed E-state index contributed by atoms with van der Waals surface area (Å²) < 4.78 is 0. The van der Waals surface area contributed by atoms with Crippen LogP contribution in [0.15, 0.2) is 0 Å². The van der Waals surface area contributed by atoms with E-state index in [1.165, 1.54) is 90.3 Å². The number of piperidine rings is 1. The minimum absolute atomic E-state index is 0.993. The van der Waals surface area contributed by atoms with Gasteiger partial charge in [0.15, 0.2) is 0 Å². The molecule has 20 heavy (non-hydrogen) atoms. The first-order valence-electron chi connectivity index (χ1n) is 8.85. The van der Waals surface area contributed by atoms with Crippen molar-refractivity contribution in [3.63, 3.8) is 0 Å². The van der Waals surface area contributed by atoms with Gasteiger partial charge in [0.05, 0.1) is 0 Å². The number of hydrogen-bond acceptors (Lipinski definition) is 2. The van der Waals surface area contributed by atoms with Gasteiger partial charge in [0.1, 0.15) is 0 Å². The lowest BCUT2D eigenvalue weighted by molar-refractivity contribution is 0.169. The topological polar surface area (TPSA) is 27.0 Å². The first-order valence-corrected chi connectivity index (χ1v) is 8.85. The maximum Gasteiger partial charge on any atom is 0.0462 e. The van der Waals surface area contributed by atoms with Crippen molar-refractivity contribution in [3.8, 4) is 6.57 Å². The second-order valence-electron chi connectivity index (χ2n) is 6.19. The minimum atomic E-state index is 0.993. The number of likely N-dealkylation sites (tertiary alicyclic amines) is 1. The molecule has 1 rings (SSSR count). The molecule has 0 N–H and O–H groups in total. The second kappa shape index (κ2) is 14.9. The Balaban J connectivity index is 0.00000172. The van der Waals surface area contributed by atoms with Crippen molar-refractivity contribution in [2.75, 3.05) is 19.6 Å². The molecule has 0 aromatic rings. The number of unbranched alkanes of at least 4 members (excludes halogenated alkanes) is 7. The molecule has 0 spiro atoms. The molecule has 0 aromatic heterocycles. The van der Waals surface area contributed by atoms with Gasteiger partial charge in [0, 0.05) is 13.1 Å². The van der Waals surface area contributed by atoms with Gasteiger partial charge < -0.3 is 4.90 Å². The molecule has 1 aliphatic heterocycles. The molecule has 118 valence electrons. The number of hydrogen-bond donors (Lipinski definition) is 0. The van der Waals surface area contributed by atoms with E-state index in [2.05, 4.69) is 25.3 Å². The van der Waals surface area contributed by atoms with Gasteiger partial charge in [-0.05, 0) is 38.3 Å². The van der Waals surface area contributed by atoms with E-state index in [0.29, 0.717) is 0 Å². The molecule has 1 saturated heterocycles. The molecular weight excluding hydrogens is 244 g/mol. The van der Waals surface area contributed by atoms with Crippen molar-refractivity contribution in [3.05, 3.63) is 0 Å². The van der Waals surface area contributed by atoms with Crippen LogP contribution in [0.5, 0.6) is 0 Å². The lowest BCUT2D eigenvalue weighted by Crippen LogP contribution is -2.35. The van der Waals surface area contributed by atoms with Gasteiger partial charge in [-0.25, -0.2) is 5.26 Å². The Morgan fingerprint density at radius 3 is 2.15 bits per heavy atom. The van der Waals surface area contributed by atoms with Crippen molar-refractivity contribution in [2.24, 2.45) is 5.92 Å². The van der Waals surface area contributed by atoms with Crippen molar-refractivity contribution < 1.29 is 0 Å². The highest BCUT2D eigenvalue weighted by atomic mass is 15.1. The van der Waals surface area contributed by atoms with Crippen LogP contribution in [0.4, 0.5) is 0 Å². The van der Waals surface area contributed by atoms with Gasteiger partial charge in [0.2, 0.25) is 0 Å². The van der Waals surface area contributed by atoms with Crippen molar-refractivity contribution >= 4 is 0 Å². The fourth-order valence-corrected chi connectivity index (χ4v) is 3.16. The smallest absolute Gasteiger partial charge is 0.0462 e. The third-order valence-electron chi connectivity index (χ3n) is 4.51. The molecule has 1 aliphatic rings. The zero-order valence-electron chi connectivity index (χ0n) is 13.9. The number of rotatable bonds is 10. The molecule has 0 radical (unpaired) electrons. The summed E-state index contributed by atoms with van der Waals surface area (Å²) in [6.45, 7) is 12.3. The van der Waals surface area contributed by atoms with Gasteiger partial charge in [-0.3, -0.25) is 0 Å². The predicted molar refractivity (Wildman–Crippen MR) is 88.7 cm³/mol. The monoisotopic (exact) mass is 280 g/mol. The SMILES string of the molecule is C#N.CCCCCCCCCCN1CCCC(CC)C1. The Labute approximate surface area is 127 Å². The van der Waals surface area contributed by atoms with E-state index in [0.717, 1.165) is 5.92 Å². The summed E-state index contributed by atoms with van der Waals surface area (Å²) in [5, 5.41) is 6.50. The highest BCUT2D eigenvalue weighted by molar-refractivity contribution is 4.71. The molecule has 2 nitrogen and oxygen atoms in total. The summed E-state index contributed by atoms with van der Waals surface area (Å²) in [4.78, 5) is 2.72. The van der Waals surface area contributed by atoms with Crippen LogP contribution in [0.25, 0.3) is 0 Å². The number of nitriles is 1. The Morgan fingerprint density at radius 1 is 0.950 bits per heavy atom. The molecular formula is C18H36N2. The molecule has 1 atom stereocenters. The summed E-state index contributed by atoms with van der Waals surface area (Å²) in [6, 6.07) is 0. The van der Waals surface area contributed by atoms with Crippen LogP contribution in [-0.4, -0.2) is 24.5 Å². The Hall–Kier alpha value is -0.550. The van der Waals surface area contributed by atoms with Crippen molar-refractivity contribution in [1.82, 2.24) is 4.90 Å². The third-order valence-corrected chi connectivity index (χ3v) is 4.51. The largest absolute Gasteiger partial charge is 0.303 e. The summed E-state index contributed by atoms with van der Waals surface area (Å²) >= 11 is 0. The highest BCUT2D eigenvalue weighted by Gasteiger charge is 2.17. The lowest BCUT2D eigenvalue weighted by Gasteiger charge is -2.32. The Morgan fingerprint density at radius 2 is 1.55 bits per heavy atom. The van der Waals surface area contributed by atoms with E-state index in [1.54, 1.807) is 0 Å². The molecule has 0 amide bonds. The standard InChI is InChI=1S/C17H35N.CHN/c1-3-5-6-7-8-9-10-11-14-18-15-12-13-17(4-2)16-18;1-2/h17H,3-16H2,1-2H3;1H. The van der Waals surface area contributed by atoms with Gasteiger partial charge in [0.25, 0.3) is 0 Å². The molecule has 0 saturated carbocycles. The normalized spacial score (nSPS) is 19.3. The quantitative estimate of drug-likeness (QED) is 0.502. The first kappa shape index (κ1) is 19.4. The average Bonchev–Trinajstić information content (AvgIpc) is 2.52. The fraction of sp³-hybridized carbons (Fsp3) is 0.944. The maximum atomic E-state index is 6.50. The fourth-order valence-electron chi connectivity index (χ4n) is 3.16. The van der Waals surface area contributed by atoms with Gasteiger partial charge in [-0.15, -0.1) is 0 Å². The van der Waals surface area contributed by atoms with Gasteiger partial charge in [-0.1, -0.05) is 65.2 Å². The van der Waals surface area contributed by atoms with Crippen LogP contribution < -0.4 is 0 Å². The van der Waals surface area contributed by atoms with E-state index in [4.69, 9.17) is 5.26 Å². The zero-order chi connectivity index (χ0) is 15.1. The molecule has 0 aliphatic carbocycles. The molecule has 0 bridgehead atoms. The number of nitrogens with zero attached hydrogens (tertiary/aromatic N) is 2. The van der Waals surface area contributed by atoms with Gasteiger partial charge in [-0.2, -0.15) is 0 Å². The van der Waals surface area contributed by atoms with Crippen LogP contribution >= 0.6 is 0 Å². The predicted octanol–water partition coefficient (Wildman–Crippen LogP) is 5.39. The maximum absolute atomic E-state index is 6.50. The van der Waals surface area contributed by atoms with Gasteiger partial charge >= 0.3 is 0 Å². The summed E-state index contributed by atoms with van der Waals surface area (Å²) in [7, 11) is 0. The van der Waals surface area contributed by atoms with Crippen LogP contribution in [0.3, 0.4) is 0 Å². The van der Waals surface area contributed by atoms with Crippen LogP contribution in [0.1, 0.15) is 84.5 Å². The van der Waals surface area contributed by atoms with E-state index in [-0.39, 0.29) is 0 Å². The average molecular weight is 280 g/mol. The van der Waals surface area contributed by atoms with E-state index in [9.17, 15) is 0 Å². The van der Waals surface area contributed by atoms with Crippen molar-refractivity contribution in [1.29, 1.82) is 5.26 Å². The van der Waals surface area contributed by atoms with Crippen molar-refractivity contribution in [2.45, 2.75) is 84.5 Å². The second-order valence-corrected chi connectivity index (χ2v) is 6.19. The zero-order valence-corrected chi connectivity index (χ0v) is 13.9. The molecule has 1 fully saturated rings. The molecule has 2 heteroatoms. The summed E-state index contributed by atoms with van der Waals surface area (Å²) in [6.07, 6.45) is 15.9. The van der Waals surface area contributed by atoms with Crippen LogP contribution in [0, 0.1) is 17.8 Å². The summed E-state index contributed by atoms with van der Waals surface area (Å²) in [5.41, 5.74) is 0. The first-order chi connectivity index (χ1) is 9.86. The Kier molecular flexibility index (Phi) is 14.4. The van der Waals surface area contributed by atoms with Crippen LogP contribution in [0.2, 0.25) is 0 Å². The van der Waals surface area contributed by atoms with Crippen LogP contribution in [-0.2, 0) is 0 Å². The molecule has 1 unspecified atom stereocenters. The lowest BCUT2D eigenvalue weighted by atomic mass is 9.95.